The fourth-order valence-corrected chi connectivity index (χ4v) is 2.30. The van der Waals surface area contributed by atoms with Gasteiger partial charge >= 0.3 is 0 Å². The van der Waals surface area contributed by atoms with Crippen LogP contribution in [0.5, 0.6) is 0 Å². The first-order valence-electron chi connectivity index (χ1n) is 5.48. The first-order chi connectivity index (χ1) is 7.20. The molecule has 1 fully saturated rings. The van der Waals surface area contributed by atoms with Crippen LogP contribution in [0.25, 0.3) is 0 Å². The van der Waals surface area contributed by atoms with E-state index in [4.69, 9.17) is 5.73 Å². The van der Waals surface area contributed by atoms with Crippen molar-refractivity contribution in [3.63, 3.8) is 0 Å². The van der Waals surface area contributed by atoms with Crippen molar-refractivity contribution in [1.29, 1.82) is 0 Å². The highest BCUT2D eigenvalue weighted by molar-refractivity contribution is 9.10. The Balaban J connectivity index is 1.86. The highest BCUT2D eigenvalue weighted by atomic mass is 79.9. The monoisotopic (exact) mass is 268 g/mol. The maximum Gasteiger partial charge on any atom is 0.0458 e. The smallest absolute Gasteiger partial charge is 0.0458 e. The summed E-state index contributed by atoms with van der Waals surface area (Å²) in [6.07, 6.45) is 2.63. The van der Waals surface area contributed by atoms with Crippen molar-refractivity contribution in [3.8, 4) is 0 Å². The van der Waals surface area contributed by atoms with E-state index in [9.17, 15) is 0 Å². The molecule has 1 saturated carbocycles. The van der Waals surface area contributed by atoms with Crippen LogP contribution in [0.3, 0.4) is 0 Å². The number of halogens is 1. The van der Waals surface area contributed by atoms with Crippen LogP contribution in [0, 0.1) is 5.92 Å². The minimum atomic E-state index is 0.742. The minimum Gasteiger partial charge on any atom is -0.398 e. The van der Waals surface area contributed by atoms with Crippen LogP contribution in [0.4, 0.5) is 5.69 Å². The molecule has 0 saturated heterocycles. The van der Waals surface area contributed by atoms with Crippen molar-refractivity contribution >= 4 is 21.6 Å². The summed E-state index contributed by atoms with van der Waals surface area (Å²) >= 11 is 3.44. The molecule has 1 aliphatic carbocycles. The SMILES string of the molecule is CCC1CC1NCc1ccc(N)c(Br)c1. The predicted molar refractivity (Wildman–Crippen MR) is 67.6 cm³/mol. The van der Waals surface area contributed by atoms with Gasteiger partial charge in [-0.1, -0.05) is 19.4 Å². The lowest BCUT2D eigenvalue weighted by Gasteiger charge is -2.05. The van der Waals surface area contributed by atoms with Crippen LogP contribution in [-0.4, -0.2) is 6.04 Å². The molecular formula is C12H17BrN2. The van der Waals surface area contributed by atoms with Crippen molar-refractivity contribution < 1.29 is 0 Å². The first-order valence-corrected chi connectivity index (χ1v) is 6.27. The third kappa shape index (κ3) is 2.73. The molecule has 0 radical (unpaired) electrons. The number of nitrogens with one attached hydrogen (secondary N) is 1. The molecule has 0 bridgehead atoms. The summed E-state index contributed by atoms with van der Waals surface area (Å²) in [5.41, 5.74) is 7.83. The highest BCUT2D eigenvalue weighted by Crippen LogP contribution is 2.33. The van der Waals surface area contributed by atoms with E-state index in [2.05, 4.69) is 40.3 Å². The number of benzene rings is 1. The highest BCUT2D eigenvalue weighted by Gasteiger charge is 2.34. The van der Waals surface area contributed by atoms with E-state index < -0.39 is 0 Å². The molecule has 0 aliphatic heterocycles. The molecule has 2 atom stereocenters. The van der Waals surface area contributed by atoms with Crippen LogP contribution >= 0.6 is 15.9 Å². The molecule has 82 valence electrons. The van der Waals surface area contributed by atoms with Gasteiger partial charge in [-0.2, -0.15) is 0 Å². The van der Waals surface area contributed by atoms with Crippen LogP contribution in [0.15, 0.2) is 22.7 Å². The van der Waals surface area contributed by atoms with E-state index in [-0.39, 0.29) is 0 Å². The van der Waals surface area contributed by atoms with Gasteiger partial charge in [0.25, 0.3) is 0 Å². The second-order valence-electron chi connectivity index (χ2n) is 4.25. The zero-order valence-electron chi connectivity index (χ0n) is 8.96. The van der Waals surface area contributed by atoms with E-state index in [1.165, 1.54) is 18.4 Å². The van der Waals surface area contributed by atoms with Crippen LogP contribution in [-0.2, 0) is 6.54 Å². The molecule has 0 amide bonds. The number of nitrogen functional groups attached to an aromatic ring is 1. The lowest BCUT2D eigenvalue weighted by Crippen LogP contribution is -2.17. The summed E-state index contributed by atoms with van der Waals surface area (Å²) in [6.45, 7) is 3.20. The first kappa shape index (κ1) is 11.0. The number of anilines is 1. The van der Waals surface area contributed by atoms with E-state index in [0.29, 0.717) is 0 Å². The van der Waals surface area contributed by atoms with Crippen molar-refractivity contribution in [2.24, 2.45) is 5.92 Å². The number of hydrogen-bond acceptors (Lipinski definition) is 2. The van der Waals surface area contributed by atoms with Gasteiger partial charge < -0.3 is 11.1 Å². The van der Waals surface area contributed by atoms with Crippen molar-refractivity contribution in [1.82, 2.24) is 5.32 Å². The fourth-order valence-electron chi connectivity index (χ4n) is 1.88. The molecular weight excluding hydrogens is 252 g/mol. The fraction of sp³-hybridized carbons (Fsp3) is 0.500. The Kier molecular flexibility index (Phi) is 3.32. The standard InChI is InChI=1S/C12H17BrN2/c1-2-9-6-12(9)15-7-8-3-4-11(14)10(13)5-8/h3-5,9,12,15H,2,6-7,14H2,1H3. The molecule has 2 nitrogen and oxygen atoms in total. The van der Waals surface area contributed by atoms with Crippen molar-refractivity contribution in [3.05, 3.63) is 28.2 Å². The van der Waals surface area contributed by atoms with Gasteiger partial charge in [-0.3, -0.25) is 0 Å². The van der Waals surface area contributed by atoms with E-state index in [0.717, 1.165) is 28.7 Å². The Morgan fingerprint density at radius 1 is 1.53 bits per heavy atom. The van der Waals surface area contributed by atoms with E-state index in [1.807, 2.05) is 6.07 Å². The van der Waals surface area contributed by atoms with Crippen molar-refractivity contribution in [2.75, 3.05) is 5.73 Å². The molecule has 1 aliphatic rings. The minimum absolute atomic E-state index is 0.742. The summed E-state index contributed by atoms with van der Waals surface area (Å²) in [4.78, 5) is 0. The van der Waals surface area contributed by atoms with Crippen molar-refractivity contribution in [2.45, 2.75) is 32.4 Å². The number of hydrogen-bond donors (Lipinski definition) is 2. The molecule has 15 heavy (non-hydrogen) atoms. The average molecular weight is 269 g/mol. The summed E-state index contributed by atoms with van der Waals surface area (Å²) in [6, 6.07) is 6.86. The third-order valence-corrected chi connectivity index (χ3v) is 3.77. The van der Waals surface area contributed by atoms with Crippen LogP contribution in [0.2, 0.25) is 0 Å². The lowest BCUT2D eigenvalue weighted by atomic mass is 10.2. The normalized spacial score (nSPS) is 24.1. The molecule has 1 aromatic rings. The Morgan fingerprint density at radius 3 is 2.93 bits per heavy atom. The maximum absolute atomic E-state index is 5.73. The van der Waals surface area contributed by atoms with Gasteiger partial charge in [0.15, 0.2) is 0 Å². The Morgan fingerprint density at radius 2 is 2.33 bits per heavy atom. The Hall–Kier alpha value is -0.540. The molecule has 0 aromatic heterocycles. The van der Waals surface area contributed by atoms with Gasteiger partial charge in [0, 0.05) is 22.7 Å². The lowest BCUT2D eigenvalue weighted by molar-refractivity contribution is 0.623. The molecule has 3 N–H and O–H groups in total. The van der Waals surface area contributed by atoms with E-state index >= 15 is 0 Å². The molecule has 2 rings (SSSR count). The van der Waals surface area contributed by atoms with Gasteiger partial charge in [0.1, 0.15) is 0 Å². The van der Waals surface area contributed by atoms with Gasteiger partial charge in [-0.25, -0.2) is 0 Å². The second-order valence-corrected chi connectivity index (χ2v) is 5.10. The van der Waals surface area contributed by atoms with Gasteiger partial charge in [0.05, 0.1) is 0 Å². The van der Waals surface area contributed by atoms with Gasteiger partial charge in [0.2, 0.25) is 0 Å². The average Bonchev–Trinajstić information content (AvgIpc) is 2.98. The second kappa shape index (κ2) is 4.54. The zero-order chi connectivity index (χ0) is 10.8. The molecule has 2 unspecified atom stereocenters. The molecule has 0 heterocycles. The third-order valence-electron chi connectivity index (χ3n) is 3.08. The van der Waals surface area contributed by atoms with Gasteiger partial charge in [-0.15, -0.1) is 0 Å². The Labute approximate surface area is 99.4 Å². The molecule has 1 aromatic carbocycles. The maximum atomic E-state index is 5.73. The summed E-state index contributed by atoms with van der Waals surface area (Å²) in [5.74, 6) is 0.905. The number of nitrogens with two attached hydrogens (primary N) is 1. The largest absolute Gasteiger partial charge is 0.398 e. The predicted octanol–water partition coefficient (Wildman–Crippen LogP) is 2.92. The van der Waals surface area contributed by atoms with Crippen LogP contribution < -0.4 is 11.1 Å². The van der Waals surface area contributed by atoms with Crippen LogP contribution in [0.1, 0.15) is 25.3 Å². The summed E-state index contributed by atoms with van der Waals surface area (Å²) < 4.78 is 0.990. The molecule has 3 heteroatoms. The summed E-state index contributed by atoms with van der Waals surface area (Å²) in [5, 5.41) is 3.56. The Bertz CT molecular complexity index is 351. The molecule has 0 spiro atoms. The van der Waals surface area contributed by atoms with Gasteiger partial charge in [-0.05, 0) is 46.0 Å². The quantitative estimate of drug-likeness (QED) is 0.825. The number of rotatable bonds is 4. The topological polar surface area (TPSA) is 38.0 Å². The van der Waals surface area contributed by atoms with E-state index in [1.54, 1.807) is 0 Å². The summed E-state index contributed by atoms with van der Waals surface area (Å²) in [7, 11) is 0. The zero-order valence-corrected chi connectivity index (χ0v) is 10.5.